The summed E-state index contributed by atoms with van der Waals surface area (Å²) in [6.07, 6.45) is 8.01. The molecule has 3 unspecified atom stereocenters. The molecule has 2 aromatic rings. The van der Waals surface area contributed by atoms with Gasteiger partial charge in [0.25, 0.3) is 5.91 Å². The molecule has 2 heterocycles. The third-order valence-corrected chi connectivity index (χ3v) is 6.66. The van der Waals surface area contributed by atoms with Crippen molar-refractivity contribution < 1.29 is 14.3 Å². The number of hydrogen-bond acceptors (Lipinski definition) is 4. The summed E-state index contributed by atoms with van der Waals surface area (Å²) in [4.78, 5) is 32.0. The fraction of sp³-hybridized carbons (Fsp3) is 0.458. The van der Waals surface area contributed by atoms with E-state index in [2.05, 4.69) is 16.4 Å². The van der Waals surface area contributed by atoms with Crippen LogP contribution < -0.4 is 15.0 Å². The first-order valence-electron chi connectivity index (χ1n) is 10.9. The van der Waals surface area contributed by atoms with Crippen molar-refractivity contribution in [3.8, 4) is 5.75 Å². The molecule has 1 aromatic heterocycles. The average molecular weight is 405 g/mol. The third-order valence-electron chi connectivity index (χ3n) is 6.66. The molecule has 1 aromatic carbocycles. The van der Waals surface area contributed by atoms with Gasteiger partial charge in [-0.15, -0.1) is 0 Å². The minimum absolute atomic E-state index is 0.0838. The lowest BCUT2D eigenvalue weighted by Gasteiger charge is -2.28. The van der Waals surface area contributed by atoms with E-state index < -0.39 is 6.04 Å². The number of rotatable bonds is 4. The van der Waals surface area contributed by atoms with Crippen LogP contribution in [0, 0.1) is 5.92 Å². The van der Waals surface area contributed by atoms with Crippen LogP contribution in [0.15, 0.2) is 42.6 Å². The van der Waals surface area contributed by atoms with Gasteiger partial charge in [0.05, 0.1) is 6.10 Å². The lowest BCUT2D eigenvalue weighted by Crippen LogP contribution is -2.48. The molecule has 30 heavy (non-hydrogen) atoms. The van der Waals surface area contributed by atoms with E-state index >= 15 is 0 Å². The van der Waals surface area contributed by atoms with E-state index in [-0.39, 0.29) is 23.6 Å². The van der Waals surface area contributed by atoms with Gasteiger partial charge in [-0.05, 0) is 68.1 Å². The van der Waals surface area contributed by atoms with E-state index in [0.29, 0.717) is 24.0 Å². The van der Waals surface area contributed by atoms with E-state index in [9.17, 15) is 9.59 Å². The van der Waals surface area contributed by atoms with Crippen LogP contribution in [-0.4, -0.2) is 36.0 Å². The second-order valence-corrected chi connectivity index (χ2v) is 8.72. The number of hydrogen-bond donors (Lipinski definition) is 1. The number of likely N-dealkylation sites (N-methyl/N-ethyl adjacent to an activating group) is 1. The van der Waals surface area contributed by atoms with Crippen molar-refractivity contribution in [2.75, 3.05) is 11.9 Å². The van der Waals surface area contributed by atoms with Gasteiger partial charge in [-0.3, -0.25) is 14.6 Å². The van der Waals surface area contributed by atoms with Crippen LogP contribution in [0.5, 0.6) is 5.75 Å². The van der Waals surface area contributed by atoms with Crippen molar-refractivity contribution in [2.45, 2.75) is 56.6 Å². The summed E-state index contributed by atoms with van der Waals surface area (Å²) in [6.45, 7) is 0. The lowest BCUT2D eigenvalue weighted by molar-refractivity contribution is -0.120. The van der Waals surface area contributed by atoms with Gasteiger partial charge in [0.15, 0.2) is 0 Å². The van der Waals surface area contributed by atoms with Crippen molar-refractivity contribution in [1.82, 2.24) is 10.3 Å². The number of pyridine rings is 1. The summed E-state index contributed by atoms with van der Waals surface area (Å²) in [6, 6.07) is 11.0. The first kappa shape index (κ1) is 19.1. The fourth-order valence-corrected chi connectivity index (χ4v) is 4.91. The minimum Gasteiger partial charge on any atom is -0.490 e. The zero-order valence-electron chi connectivity index (χ0n) is 17.2. The molecule has 3 aliphatic rings. The van der Waals surface area contributed by atoms with Crippen LogP contribution in [0.2, 0.25) is 0 Å². The predicted octanol–water partition coefficient (Wildman–Crippen LogP) is 3.67. The highest BCUT2D eigenvalue weighted by Gasteiger charge is 2.45. The summed E-state index contributed by atoms with van der Waals surface area (Å²) in [5, 5.41) is 2.94. The molecule has 0 spiro atoms. The Kier molecular flexibility index (Phi) is 4.93. The maximum Gasteiger partial charge on any atom is 0.270 e. The van der Waals surface area contributed by atoms with Gasteiger partial charge in [-0.2, -0.15) is 0 Å². The van der Waals surface area contributed by atoms with E-state index in [1.807, 2.05) is 18.2 Å². The van der Waals surface area contributed by atoms with Crippen LogP contribution in [0.4, 0.5) is 5.69 Å². The van der Waals surface area contributed by atoms with Crippen LogP contribution in [0.3, 0.4) is 0 Å². The molecule has 2 amide bonds. The average Bonchev–Trinajstić information content (AvgIpc) is 3.33. The number of anilines is 1. The highest BCUT2D eigenvalue weighted by Crippen LogP contribution is 2.53. The molecule has 0 bridgehead atoms. The SMILES string of the molecule is CN1C(=O)C(NC(=O)c2cc(OC3CCCC3)ccn2)CC2CC2c2ccccc21. The minimum atomic E-state index is -0.549. The van der Waals surface area contributed by atoms with E-state index in [1.54, 1.807) is 30.3 Å². The molecule has 2 saturated carbocycles. The summed E-state index contributed by atoms with van der Waals surface area (Å²) in [5.41, 5.74) is 2.47. The first-order valence-corrected chi connectivity index (χ1v) is 10.9. The summed E-state index contributed by atoms with van der Waals surface area (Å²) < 4.78 is 6.00. The van der Waals surface area contributed by atoms with Crippen LogP contribution in [0.1, 0.15) is 60.5 Å². The second-order valence-electron chi connectivity index (χ2n) is 8.72. The van der Waals surface area contributed by atoms with E-state index in [0.717, 1.165) is 24.9 Å². The molecule has 5 rings (SSSR count). The van der Waals surface area contributed by atoms with Crippen molar-refractivity contribution >= 4 is 17.5 Å². The van der Waals surface area contributed by atoms with Gasteiger partial charge >= 0.3 is 0 Å². The number of para-hydroxylation sites is 1. The first-order chi connectivity index (χ1) is 14.6. The van der Waals surface area contributed by atoms with Gasteiger partial charge in [0.2, 0.25) is 5.91 Å². The van der Waals surface area contributed by atoms with Crippen LogP contribution >= 0.6 is 0 Å². The molecule has 6 heteroatoms. The van der Waals surface area contributed by atoms with Crippen LogP contribution in [0.25, 0.3) is 0 Å². The number of carbonyl (C=O) groups is 2. The Bertz CT molecular complexity index is 970. The molecule has 1 N–H and O–H groups in total. The summed E-state index contributed by atoms with van der Waals surface area (Å²) in [5.74, 6) is 1.15. The predicted molar refractivity (Wildman–Crippen MR) is 114 cm³/mol. The molecule has 3 atom stereocenters. The lowest BCUT2D eigenvalue weighted by atomic mass is 9.98. The van der Waals surface area contributed by atoms with Crippen LogP contribution in [-0.2, 0) is 4.79 Å². The number of nitrogens with zero attached hydrogens (tertiary/aromatic N) is 2. The Morgan fingerprint density at radius 2 is 1.97 bits per heavy atom. The quantitative estimate of drug-likeness (QED) is 0.842. The van der Waals surface area contributed by atoms with Crippen molar-refractivity contribution in [3.05, 3.63) is 53.9 Å². The molecule has 2 aliphatic carbocycles. The molecular formula is C24H27N3O3. The highest BCUT2D eigenvalue weighted by molar-refractivity contribution is 6.02. The summed E-state index contributed by atoms with van der Waals surface area (Å²) >= 11 is 0. The third kappa shape index (κ3) is 3.66. The van der Waals surface area contributed by atoms with Gasteiger partial charge < -0.3 is 15.0 Å². The van der Waals surface area contributed by atoms with E-state index in [4.69, 9.17) is 4.74 Å². The maximum absolute atomic E-state index is 13.2. The number of amides is 2. The molecule has 6 nitrogen and oxygen atoms in total. The monoisotopic (exact) mass is 405 g/mol. The van der Waals surface area contributed by atoms with Crippen molar-refractivity contribution in [1.29, 1.82) is 0 Å². The molecule has 1 aliphatic heterocycles. The summed E-state index contributed by atoms with van der Waals surface area (Å²) in [7, 11) is 1.79. The zero-order valence-corrected chi connectivity index (χ0v) is 17.2. The molecule has 0 saturated heterocycles. The highest BCUT2D eigenvalue weighted by atomic mass is 16.5. The standard InChI is InChI=1S/C24H27N3O3/c1-27-22-9-5-4-8-18(22)19-12-15(19)13-21(24(27)29)26-23(28)20-14-17(10-11-25-20)30-16-6-2-3-7-16/h4-5,8-11,14-16,19,21H,2-3,6-7,12-13H2,1H3,(H,26,28). The molecule has 156 valence electrons. The molecule has 2 fully saturated rings. The number of carbonyl (C=O) groups excluding carboxylic acids is 2. The van der Waals surface area contributed by atoms with Gasteiger partial charge in [-0.1, -0.05) is 18.2 Å². The Hall–Kier alpha value is -2.89. The number of benzene rings is 1. The van der Waals surface area contributed by atoms with Crippen molar-refractivity contribution in [3.63, 3.8) is 0 Å². The number of nitrogens with one attached hydrogen (secondary N) is 1. The molecule has 0 radical (unpaired) electrons. The second kappa shape index (κ2) is 7.74. The number of aromatic nitrogens is 1. The zero-order chi connectivity index (χ0) is 20.7. The van der Waals surface area contributed by atoms with Gasteiger partial charge in [0.1, 0.15) is 17.5 Å². The maximum atomic E-state index is 13.2. The largest absolute Gasteiger partial charge is 0.490 e. The normalized spacial score (nSPS) is 25.7. The van der Waals surface area contributed by atoms with Crippen molar-refractivity contribution in [2.24, 2.45) is 5.92 Å². The van der Waals surface area contributed by atoms with Gasteiger partial charge in [-0.25, -0.2) is 0 Å². The fourth-order valence-electron chi connectivity index (χ4n) is 4.91. The van der Waals surface area contributed by atoms with E-state index in [1.165, 1.54) is 18.4 Å². The Morgan fingerprint density at radius 3 is 2.80 bits per heavy atom. The Labute approximate surface area is 176 Å². The topological polar surface area (TPSA) is 71.5 Å². The number of fused-ring (bicyclic) bond motifs is 3. The Balaban J connectivity index is 1.32. The van der Waals surface area contributed by atoms with Gasteiger partial charge in [0, 0.05) is 25.0 Å². The Morgan fingerprint density at radius 1 is 1.17 bits per heavy atom. The number of ether oxygens (including phenoxy) is 1. The smallest absolute Gasteiger partial charge is 0.270 e. The molecular weight excluding hydrogens is 378 g/mol.